The maximum atomic E-state index is 9.44. The van der Waals surface area contributed by atoms with Gasteiger partial charge in [-0.15, -0.1) is 0 Å². The molecule has 0 unspecified atom stereocenters. The zero-order valence-electron chi connectivity index (χ0n) is 6.47. The third-order valence-corrected chi connectivity index (χ3v) is 2.27. The molecule has 0 atom stereocenters. The van der Waals surface area contributed by atoms with Crippen LogP contribution in [-0.2, 0) is 0 Å². The molecular weight excluding hydrogens is 220 g/mol. The van der Waals surface area contributed by atoms with Crippen LogP contribution >= 0.6 is 15.9 Å². The van der Waals surface area contributed by atoms with E-state index in [1.165, 1.54) is 0 Å². The second kappa shape index (κ2) is 2.52. The molecule has 12 heavy (non-hydrogen) atoms. The Bertz CT molecular complexity index is 431. The molecule has 2 aromatic rings. The van der Waals surface area contributed by atoms with Crippen molar-refractivity contribution in [2.24, 2.45) is 0 Å². The van der Waals surface area contributed by atoms with Crippen molar-refractivity contribution in [2.75, 3.05) is 0 Å². The molecule has 0 radical (unpaired) electrons. The van der Waals surface area contributed by atoms with E-state index in [2.05, 4.69) is 15.9 Å². The first kappa shape index (κ1) is 7.68. The van der Waals surface area contributed by atoms with E-state index >= 15 is 0 Å². The molecular formula is C9H7BrO2. The quantitative estimate of drug-likeness (QED) is 0.749. The Hall–Kier alpha value is -0.960. The Morgan fingerprint density at radius 2 is 2.17 bits per heavy atom. The highest BCUT2D eigenvalue weighted by Crippen LogP contribution is 2.31. The number of rotatable bonds is 0. The normalized spacial score (nSPS) is 10.8. The summed E-state index contributed by atoms with van der Waals surface area (Å²) in [5.41, 5.74) is 1.58. The van der Waals surface area contributed by atoms with Gasteiger partial charge in [-0.2, -0.15) is 0 Å². The van der Waals surface area contributed by atoms with Crippen molar-refractivity contribution in [1.29, 1.82) is 0 Å². The first-order chi connectivity index (χ1) is 5.68. The summed E-state index contributed by atoms with van der Waals surface area (Å²) < 4.78 is 6.02. The molecule has 0 fully saturated rings. The van der Waals surface area contributed by atoms with Gasteiger partial charge < -0.3 is 9.52 Å². The molecule has 0 spiro atoms. The second-order valence-electron chi connectivity index (χ2n) is 2.72. The van der Waals surface area contributed by atoms with Gasteiger partial charge in [0, 0.05) is 9.86 Å². The third kappa shape index (κ3) is 1.01. The zero-order valence-corrected chi connectivity index (χ0v) is 8.05. The average molecular weight is 227 g/mol. The number of fused-ring (bicyclic) bond motifs is 1. The van der Waals surface area contributed by atoms with Gasteiger partial charge in [-0.05, 0) is 24.6 Å². The fourth-order valence-electron chi connectivity index (χ4n) is 1.21. The maximum absolute atomic E-state index is 9.44. The van der Waals surface area contributed by atoms with Crippen LogP contribution in [0.1, 0.15) is 5.56 Å². The van der Waals surface area contributed by atoms with Gasteiger partial charge in [-0.3, -0.25) is 0 Å². The minimum Gasteiger partial charge on any atom is -0.504 e. The fourth-order valence-corrected chi connectivity index (χ4v) is 1.65. The minimum atomic E-state index is 0.174. The first-order valence-corrected chi connectivity index (χ1v) is 4.34. The van der Waals surface area contributed by atoms with Crippen molar-refractivity contribution in [3.05, 3.63) is 28.4 Å². The van der Waals surface area contributed by atoms with E-state index in [9.17, 15) is 5.11 Å². The SMILES string of the molecule is Cc1coc2c(O)cc(Br)cc12. The average Bonchev–Trinajstić information content (AvgIpc) is 2.33. The summed E-state index contributed by atoms with van der Waals surface area (Å²) in [7, 11) is 0. The molecule has 0 aliphatic heterocycles. The molecule has 1 aromatic heterocycles. The Morgan fingerprint density at radius 1 is 1.42 bits per heavy atom. The van der Waals surface area contributed by atoms with E-state index in [0.29, 0.717) is 5.58 Å². The Kier molecular flexibility index (Phi) is 1.61. The van der Waals surface area contributed by atoms with Crippen LogP contribution in [-0.4, -0.2) is 5.11 Å². The summed E-state index contributed by atoms with van der Waals surface area (Å²) in [6.45, 7) is 1.94. The van der Waals surface area contributed by atoms with Crippen molar-refractivity contribution in [3.63, 3.8) is 0 Å². The molecule has 0 saturated heterocycles. The summed E-state index contributed by atoms with van der Waals surface area (Å²) in [5, 5.41) is 10.4. The third-order valence-electron chi connectivity index (χ3n) is 1.81. The lowest BCUT2D eigenvalue weighted by Crippen LogP contribution is -1.70. The van der Waals surface area contributed by atoms with Crippen LogP contribution in [0.4, 0.5) is 0 Å². The summed E-state index contributed by atoms with van der Waals surface area (Å²) in [5.74, 6) is 0.174. The molecule has 62 valence electrons. The van der Waals surface area contributed by atoms with Gasteiger partial charge in [0.05, 0.1) is 6.26 Å². The van der Waals surface area contributed by atoms with Gasteiger partial charge in [0.15, 0.2) is 11.3 Å². The molecule has 2 rings (SSSR count). The van der Waals surface area contributed by atoms with E-state index in [1.807, 2.05) is 13.0 Å². The number of halogens is 1. The molecule has 0 saturated carbocycles. The lowest BCUT2D eigenvalue weighted by Gasteiger charge is -1.95. The van der Waals surface area contributed by atoms with Gasteiger partial charge in [-0.1, -0.05) is 15.9 Å². The van der Waals surface area contributed by atoms with Gasteiger partial charge >= 0.3 is 0 Å². The summed E-state index contributed by atoms with van der Waals surface area (Å²) >= 11 is 3.30. The summed E-state index contributed by atoms with van der Waals surface area (Å²) in [4.78, 5) is 0. The highest BCUT2D eigenvalue weighted by Gasteiger charge is 2.07. The highest BCUT2D eigenvalue weighted by atomic mass is 79.9. The van der Waals surface area contributed by atoms with Crippen molar-refractivity contribution < 1.29 is 9.52 Å². The lowest BCUT2D eigenvalue weighted by atomic mass is 10.2. The van der Waals surface area contributed by atoms with Crippen molar-refractivity contribution in [1.82, 2.24) is 0 Å². The zero-order chi connectivity index (χ0) is 8.72. The first-order valence-electron chi connectivity index (χ1n) is 3.55. The number of hydrogen-bond donors (Lipinski definition) is 1. The van der Waals surface area contributed by atoms with E-state index in [4.69, 9.17) is 4.42 Å². The van der Waals surface area contributed by atoms with Crippen LogP contribution in [0.15, 0.2) is 27.3 Å². The lowest BCUT2D eigenvalue weighted by molar-refractivity contribution is 0.464. The van der Waals surface area contributed by atoms with Crippen molar-refractivity contribution in [3.8, 4) is 5.75 Å². The minimum absolute atomic E-state index is 0.174. The van der Waals surface area contributed by atoms with E-state index in [0.717, 1.165) is 15.4 Å². The predicted octanol–water partition coefficient (Wildman–Crippen LogP) is 3.21. The van der Waals surface area contributed by atoms with Crippen LogP contribution in [0.25, 0.3) is 11.0 Å². The molecule has 1 N–H and O–H groups in total. The van der Waals surface area contributed by atoms with Crippen LogP contribution in [0.2, 0.25) is 0 Å². The van der Waals surface area contributed by atoms with E-state index in [1.54, 1.807) is 12.3 Å². The standard InChI is InChI=1S/C9H7BrO2/c1-5-4-12-9-7(5)2-6(10)3-8(9)11/h2-4,11H,1H3. The fraction of sp³-hybridized carbons (Fsp3) is 0.111. The Balaban J connectivity index is 2.92. The topological polar surface area (TPSA) is 33.4 Å². The van der Waals surface area contributed by atoms with Gasteiger partial charge in [0.25, 0.3) is 0 Å². The van der Waals surface area contributed by atoms with Gasteiger partial charge in [0.1, 0.15) is 0 Å². The number of aromatic hydroxyl groups is 1. The molecule has 0 bridgehead atoms. The molecule has 1 heterocycles. The van der Waals surface area contributed by atoms with Crippen molar-refractivity contribution in [2.45, 2.75) is 6.92 Å². The number of phenols is 1. The van der Waals surface area contributed by atoms with Crippen LogP contribution < -0.4 is 0 Å². The highest BCUT2D eigenvalue weighted by molar-refractivity contribution is 9.10. The number of furan rings is 1. The number of phenolic OH excluding ortho intramolecular Hbond substituents is 1. The maximum Gasteiger partial charge on any atom is 0.175 e. The number of aryl methyl sites for hydroxylation is 1. The Morgan fingerprint density at radius 3 is 2.92 bits per heavy atom. The van der Waals surface area contributed by atoms with Gasteiger partial charge in [0.2, 0.25) is 0 Å². The molecule has 0 aliphatic rings. The van der Waals surface area contributed by atoms with E-state index in [-0.39, 0.29) is 5.75 Å². The molecule has 0 amide bonds. The van der Waals surface area contributed by atoms with Gasteiger partial charge in [-0.25, -0.2) is 0 Å². The molecule has 0 aliphatic carbocycles. The van der Waals surface area contributed by atoms with Crippen LogP contribution in [0.5, 0.6) is 5.75 Å². The summed E-state index contributed by atoms with van der Waals surface area (Å²) in [6, 6.07) is 3.54. The largest absolute Gasteiger partial charge is 0.504 e. The smallest absolute Gasteiger partial charge is 0.175 e. The number of benzene rings is 1. The molecule has 1 aromatic carbocycles. The van der Waals surface area contributed by atoms with Crippen LogP contribution in [0, 0.1) is 6.92 Å². The second-order valence-corrected chi connectivity index (χ2v) is 3.64. The number of hydrogen-bond acceptors (Lipinski definition) is 2. The molecule has 2 nitrogen and oxygen atoms in total. The van der Waals surface area contributed by atoms with Crippen molar-refractivity contribution >= 4 is 26.9 Å². The van der Waals surface area contributed by atoms with E-state index < -0.39 is 0 Å². The molecule has 3 heteroatoms. The monoisotopic (exact) mass is 226 g/mol. The summed E-state index contributed by atoms with van der Waals surface area (Å²) in [6.07, 6.45) is 1.64. The Labute approximate surface area is 77.9 Å². The predicted molar refractivity (Wildman–Crippen MR) is 50.3 cm³/mol. The van der Waals surface area contributed by atoms with Crippen LogP contribution in [0.3, 0.4) is 0 Å².